The topological polar surface area (TPSA) is 67.7 Å². The van der Waals surface area contributed by atoms with Crippen molar-refractivity contribution in [1.82, 2.24) is 19.7 Å². The highest BCUT2D eigenvalue weighted by Gasteiger charge is 2.20. The minimum atomic E-state index is -0.134. The second kappa shape index (κ2) is 7.78. The molecule has 27 heavy (non-hydrogen) atoms. The molecule has 0 aliphatic carbocycles. The standard InChI is InChI=1S/C21H28N6/c1-15-6-8-17(22-5)12-16(15)7-9-18-13-20(27(26-18)21(2,3)4)25-19-14-23-10-11-24-19/h6,8,10-14,22H,7,9H2,1-5H3,(H,24,25). The van der Waals surface area contributed by atoms with E-state index < -0.39 is 0 Å². The number of anilines is 3. The van der Waals surface area contributed by atoms with Crippen molar-refractivity contribution in [2.45, 2.75) is 46.1 Å². The summed E-state index contributed by atoms with van der Waals surface area (Å²) in [6.45, 7) is 8.59. The Bertz CT molecular complexity index is 893. The molecule has 0 amide bonds. The van der Waals surface area contributed by atoms with E-state index in [9.17, 15) is 0 Å². The van der Waals surface area contributed by atoms with E-state index in [4.69, 9.17) is 5.10 Å². The van der Waals surface area contributed by atoms with Crippen molar-refractivity contribution in [3.63, 3.8) is 0 Å². The number of nitrogens with zero attached hydrogens (tertiary/aromatic N) is 4. The molecule has 2 heterocycles. The van der Waals surface area contributed by atoms with Gasteiger partial charge in [-0.25, -0.2) is 9.67 Å². The smallest absolute Gasteiger partial charge is 0.150 e. The second-order valence-corrected chi connectivity index (χ2v) is 7.71. The summed E-state index contributed by atoms with van der Waals surface area (Å²) in [5.41, 5.74) is 4.72. The van der Waals surface area contributed by atoms with Crippen LogP contribution in [0.2, 0.25) is 0 Å². The van der Waals surface area contributed by atoms with E-state index in [0.29, 0.717) is 5.82 Å². The van der Waals surface area contributed by atoms with Gasteiger partial charge in [-0.05, 0) is 63.8 Å². The molecule has 2 N–H and O–H groups in total. The van der Waals surface area contributed by atoms with Gasteiger partial charge in [0.05, 0.1) is 17.4 Å². The molecule has 0 spiro atoms. The Labute approximate surface area is 161 Å². The number of hydrogen-bond donors (Lipinski definition) is 2. The van der Waals surface area contributed by atoms with E-state index in [2.05, 4.69) is 72.6 Å². The minimum Gasteiger partial charge on any atom is -0.388 e. The lowest BCUT2D eigenvalue weighted by atomic mass is 10.0. The second-order valence-electron chi connectivity index (χ2n) is 7.71. The van der Waals surface area contributed by atoms with E-state index in [1.165, 1.54) is 11.1 Å². The Kier molecular flexibility index (Phi) is 5.44. The zero-order valence-corrected chi connectivity index (χ0v) is 16.7. The first-order valence-corrected chi connectivity index (χ1v) is 9.26. The van der Waals surface area contributed by atoms with Gasteiger partial charge in [0, 0.05) is 31.2 Å². The summed E-state index contributed by atoms with van der Waals surface area (Å²) in [4.78, 5) is 8.43. The van der Waals surface area contributed by atoms with Crippen LogP contribution in [0.15, 0.2) is 42.9 Å². The van der Waals surface area contributed by atoms with Crippen LogP contribution in [0.4, 0.5) is 17.3 Å². The van der Waals surface area contributed by atoms with Crippen LogP contribution in [0, 0.1) is 6.92 Å². The third-order valence-electron chi connectivity index (χ3n) is 4.50. The molecular formula is C21H28N6. The molecule has 142 valence electrons. The summed E-state index contributed by atoms with van der Waals surface area (Å²) in [6.07, 6.45) is 6.89. The van der Waals surface area contributed by atoms with Crippen molar-refractivity contribution in [2.24, 2.45) is 0 Å². The molecule has 0 aliphatic rings. The van der Waals surface area contributed by atoms with Crippen molar-refractivity contribution < 1.29 is 0 Å². The quantitative estimate of drug-likeness (QED) is 0.682. The molecule has 1 aromatic carbocycles. The predicted molar refractivity (Wildman–Crippen MR) is 111 cm³/mol. The maximum Gasteiger partial charge on any atom is 0.150 e. The van der Waals surface area contributed by atoms with Crippen molar-refractivity contribution >= 4 is 17.3 Å². The normalized spacial score (nSPS) is 11.4. The lowest BCUT2D eigenvalue weighted by Crippen LogP contribution is -2.24. The number of hydrogen-bond acceptors (Lipinski definition) is 5. The van der Waals surface area contributed by atoms with Crippen molar-refractivity contribution in [3.8, 4) is 0 Å². The number of aryl methyl sites for hydroxylation is 3. The van der Waals surface area contributed by atoms with E-state index >= 15 is 0 Å². The van der Waals surface area contributed by atoms with Gasteiger partial charge >= 0.3 is 0 Å². The molecule has 0 saturated heterocycles. The van der Waals surface area contributed by atoms with Gasteiger partial charge in [0.15, 0.2) is 0 Å². The van der Waals surface area contributed by atoms with Crippen LogP contribution in [-0.2, 0) is 18.4 Å². The number of aromatic nitrogens is 4. The molecule has 0 unspecified atom stereocenters. The molecule has 0 saturated carbocycles. The van der Waals surface area contributed by atoms with Crippen LogP contribution in [-0.4, -0.2) is 26.8 Å². The van der Waals surface area contributed by atoms with Crippen molar-refractivity contribution in [1.29, 1.82) is 0 Å². The van der Waals surface area contributed by atoms with Gasteiger partial charge in [-0.1, -0.05) is 6.07 Å². The van der Waals surface area contributed by atoms with Gasteiger partial charge in [0.1, 0.15) is 11.6 Å². The Balaban J connectivity index is 1.82. The predicted octanol–water partition coefficient (Wildman–Crippen LogP) is 4.31. The van der Waals surface area contributed by atoms with Gasteiger partial charge in [-0.2, -0.15) is 5.10 Å². The summed E-state index contributed by atoms with van der Waals surface area (Å²) < 4.78 is 2.02. The molecule has 6 heteroatoms. The maximum absolute atomic E-state index is 4.86. The molecule has 2 aromatic heterocycles. The first-order chi connectivity index (χ1) is 12.9. The SMILES string of the molecule is CNc1ccc(C)c(CCc2cc(Nc3cnccn3)n(C(C)(C)C)n2)c1. The highest BCUT2D eigenvalue weighted by atomic mass is 15.4. The number of rotatable bonds is 6. The molecular weight excluding hydrogens is 336 g/mol. The van der Waals surface area contributed by atoms with Gasteiger partial charge in [-0.15, -0.1) is 0 Å². The molecule has 0 aliphatic heterocycles. The average Bonchev–Trinajstić information content (AvgIpc) is 3.05. The molecule has 0 radical (unpaired) electrons. The molecule has 3 rings (SSSR count). The maximum atomic E-state index is 4.86. The molecule has 0 fully saturated rings. The fraction of sp³-hybridized carbons (Fsp3) is 0.381. The molecule has 0 atom stereocenters. The summed E-state index contributed by atoms with van der Waals surface area (Å²) in [5, 5.41) is 11.4. The van der Waals surface area contributed by atoms with Crippen LogP contribution in [0.1, 0.15) is 37.6 Å². The van der Waals surface area contributed by atoms with E-state index in [1.54, 1.807) is 18.6 Å². The van der Waals surface area contributed by atoms with E-state index in [0.717, 1.165) is 30.0 Å². The zero-order chi connectivity index (χ0) is 19.4. The highest BCUT2D eigenvalue weighted by Crippen LogP contribution is 2.25. The highest BCUT2D eigenvalue weighted by molar-refractivity contribution is 5.52. The Morgan fingerprint density at radius 1 is 1.07 bits per heavy atom. The average molecular weight is 364 g/mol. The van der Waals surface area contributed by atoms with Crippen LogP contribution < -0.4 is 10.6 Å². The summed E-state index contributed by atoms with van der Waals surface area (Å²) in [6, 6.07) is 8.60. The van der Waals surface area contributed by atoms with Crippen LogP contribution in [0.5, 0.6) is 0 Å². The Morgan fingerprint density at radius 2 is 1.89 bits per heavy atom. The first kappa shape index (κ1) is 18.9. The van der Waals surface area contributed by atoms with Crippen molar-refractivity contribution in [3.05, 3.63) is 59.7 Å². The van der Waals surface area contributed by atoms with Crippen molar-refractivity contribution in [2.75, 3.05) is 17.7 Å². The van der Waals surface area contributed by atoms with E-state index in [1.807, 2.05) is 11.7 Å². The van der Waals surface area contributed by atoms with E-state index in [-0.39, 0.29) is 5.54 Å². The molecule has 6 nitrogen and oxygen atoms in total. The zero-order valence-electron chi connectivity index (χ0n) is 16.7. The molecule has 3 aromatic rings. The third-order valence-corrected chi connectivity index (χ3v) is 4.50. The lowest BCUT2D eigenvalue weighted by molar-refractivity contribution is 0.358. The molecule has 0 bridgehead atoms. The lowest BCUT2D eigenvalue weighted by Gasteiger charge is -2.22. The fourth-order valence-electron chi connectivity index (χ4n) is 3.01. The van der Waals surface area contributed by atoms with Gasteiger partial charge < -0.3 is 10.6 Å². The number of benzene rings is 1. The largest absolute Gasteiger partial charge is 0.388 e. The third kappa shape index (κ3) is 4.64. The summed E-state index contributed by atoms with van der Waals surface area (Å²) >= 11 is 0. The summed E-state index contributed by atoms with van der Waals surface area (Å²) in [7, 11) is 1.95. The van der Waals surface area contributed by atoms with Gasteiger partial charge in [-0.3, -0.25) is 4.98 Å². The minimum absolute atomic E-state index is 0.134. The summed E-state index contributed by atoms with van der Waals surface area (Å²) in [5.74, 6) is 1.64. The first-order valence-electron chi connectivity index (χ1n) is 9.26. The Morgan fingerprint density at radius 3 is 2.56 bits per heavy atom. The Hall–Kier alpha value is -2.89. The van der Waals surface area contributed by atoms with Crippen LogP contribution in [0.3, 0.4) is 0 Å². The van der Waals surface area contributed by atoms with Crippen LogP contribution >= 0.6 is 0 Å². The van der Waals surface area contributed by atoms with Gasteiger partial charge in [0.2, 0.25) is 0 Å². The number of nitrogens with one attached hydrogen (secondary N) is 2. The monoisotopic (exact) mass is 364 g/mol. The van der Waals surface area contributed by atoms with Gasteiger partial charge in [0.25, 0.3) is 0 Å². The fourth-order valence-corrected chi connectivity index (χ4v) is 3.01. The van der Waals surface area contributed by atoms with Crippen LogP contribution in [0.25, 0.3) is 0 Å².